The SMILES string of the molecule is C[C@@H]1CNCCN1CC(=O)N1CCC(Cc2ccccc2)CC1.Cl. The lowest BCUT2D eigenvalue weighted by molar-refractivity contribution is -0.134. The molecule has 5 heteroatoms. The lowest BCUT2D eigenvalue weighted by Gasteiger charge is -2.37. The summed E-state index contributed by atoms with van der Waals surface area (Å²) in [5, 5.41) is 3.38. The predicted molar refractivity (Wildman–Crippen MR) is 101 cm³/mol. The number of likely N-dealkylation sites (tertiary alicyclic amines) is 1. The van der Waals surface area contributed by atoms with Crippen LogP contribution in [0.2, 0.25) is 0 Å². The summed E-state index contributed by atoms with van der Waals surface area (Å²) in [5.41, 5.74) is 1.42. The van der Waals surface area contributed by atoms with Crippen molar-refractivity contribution in [1.29, 1.82) is 0 Å². The van der Waals surface area contributed by atoms with Gasteiger partial charge in [0.1, 0.15) is 0 Å². The molecule has 1 aromatic rings. The average Bonchev–Trinajstić information content (AvgIpc) is 2.58. The molecule has 0 bridgehead atoms. The van der Waals surface area contributed by atoms with E-state index in [2.05, 4.69) is 52.4 Å². The van der Waals surface area contributed by atoms with Gasteiger partial charge in [0, 0.05) is 38.8 Å². The number of amides is 1. The van der Waals surface area contributed by atoms with Crippen molar-refractivity contribution in [2.24, 2.45) is 5.92 Å². The number of carbonyl (C=O) groups excluding carboxylic acids is 1. The smallest absolute Gasteiger partial charge is 0.236 e. The molecular formula is C19H30ClN3O. The maximum absolute atomic E-state index is 12.5. The minimum absolute atomic E-state index is 0. The van der Waals surface area contributed by atoms with Gasteiger partial charge in [-0.15, -0.1) is 12.4 Å². The lowest BCUT2D eigenvalue weighted by atomic mass is 9.90. The number of hydrogen-bond acceptors (Lipinski definition) is 3. The van der Waals surface area contributed by atoms with E-state index in [-0.39, 0.29) is 12.4 Å². The molecule has 2 aliphatic rings. The number of nitrogens with one attached hydrogen (secondary N) is 1. The molecule has 0 aliphatic carbocycles. The zero-order valence-corrected chi connectivity index (χ0v) is 15.4. The first-order chi connectivity index (χ1) is 11.2. The van der Waals surface area contributed by atoms with Crippen molar-refractivity contribution in [2.45, 2.75) is 32.2 Å². The van der Waals surface area contributed by atoms with Gasteiger partial charge >= 0.3 is 0 Å². The van der Waals surface area contributed by atoms with Crippen molar-refractivity contribution in [3.63, 3.8) is 0 Å². The van der Waals surface area contributed by atoms with Crippen LogP contribution in [0.15, 0.2) is 30.3 Å². The lowest BCUT2D eigenvalue weighted by Crippen LogP contribution is -2.53. The van der Waals surface area contributed by atoms with Gasteiger partial charge in [0.2, 0.25) is 5.91 Å². The average molecular weight is 352 g/mol. The highest BCUT2D eigenvalue weighted by Crippen LogP contribution is 2.22. The third-order valence-electron chi connectivity index (χ3n) is 5.31. The van der Waals surface area contributed by atoms with Gasteiger partial charge in [-0.1, -0.05) is 30.3 Å². The molecule has 3 rings (SSSR count). The van der Waals surface area contributed by atoms with E-state index in [9.17, 15) is 4.79 Å². The van der Waals surface area contributed by atoms with Crippen LogP contribution in [0.25, 0.3) is 0 Å². The molecule has 24 heavy (non-hydrogen) atoms. The van der Waals surface area contributed by atoms with Crippen LogP contribution >= 0.6 is 12.4 Å². The van der Waals surface area contributed by atoms with Gasteiger partial charge in [-0.2, -0.15) is 0 Å². The third-order valence-corrected chi connectivity index (χ3v) is 5.31. The van der Waals surface area contributed by atoms with Crippen molar-refractivity contribution >= 4 is 18.3 Å². The van der Waals surface area contributed by atoms with Crippen molar-refractivity contribution in [2.75, 3.05) is 39.3 Å². The summed E-state index contributed by atoms with van der Waals surface area (Å²) >= 11 is 0. The minimum Gasteiger partial charge on any atom is -0.342 e. The second kappa shape index (κ2) is 9.40. The molecule has 1 amide bonds. The summed E-state index contributed by atoms with van der Waals surface area (Å²) in [6.07, 6.45) is 3.42. The molecule has 0 aromatic heterocycles. The second-order valence-corrected chi connectivity index (χ2v) is 7.04. The van der Waals surface area contributed by atoms with E-state index in [4.69, 9.17) is 0 Å². The quantitative estimate of drug-likeness (QED) is 0.903. The number of hydrogen-bond donors (Lipinski definition) is 1. The van der Waals surface area contributed by atoms with Crippen LogP contribution in [0.1, 0.15) is 25.3 Å². The van der Waals surface area contributed by atoms with E-state index < -0.39 is 0 Å². The summed E-state index contributed by atoms with van der Waals surface area (Å²) in [7, 11) is 0. The Morgan fingerprint density at radius 2 is 1.88 bits per heavy atom. The Balaban J connectivity index is 0.00000208. The first-order valence-corrected chi connectivity index (χ1v) is 8.99. The molecule has 134 valence electrons. The van der Waals surface area contributed by atoms with Gasteiger partial charge in [0.15, 0.2) is 0 Å². The minimum atomic E-state index is 0. The summed E-state index contributed by atoms with van der Waals surface area (Å²) in [4.78, 5) is 16.9. The molecule has 0 spiro atoms. The van der Waals surface area contributed by atoms with Crippen molar-refractivity contribution < 1.29 is 4.79 Å². The van der Waals surface area contributed by atoms with Crippen LogP contribution in [0, 0.1) is 5.92 Å². The maximum atomic E-state index is 12.5. The molecule has 2 fully saturated rings. The van der Waals surface area contributed by atoms with Gasteiger partial charge in [-0.05, 0) is 37.7 Å². The largest absolute Gasteiger partial charge is 0.342 e. The molecule has 4 nitrogen and oxygen atoms in total. The van der Waals surface area contributed by atoms with E-state index in [1.54, 1.807) is 0 Å². The molecule has 0 radical (unpaired) electrons. The molecular weight excluding hydrogens is 322 g/mol. The Morgan fingerprint density at radius 1 is 1.17 bits per heavy atom. The monoisotopic (exact) mass is 351 g/mol. The number of rotatable bonds is 4. The van der Waals surface area contributed by atoms with Crippen molar-refractivity contribution in [3.8, 4) is 0 Å². The number of benzene rings is 1. The molecule has 2 heterocycles. The van der Waals surface area contributed by atoms with E-state index in [1.807, 2.05) is 0 Å². The van der Waals surface area contributed by atoms with Gasteiger partial charge in [-0.25, -0.2) is 0 Å². The van der Waals surface area contributed by atoms with E-state index in [0.29, 0.717) is 18.5 Å². The van der Waals surface area contributed by atoms with E-state index >= 15 is 0 Å². The first-order valence-electron chi connectivity index (χ1n) is 8.99. The first kappa shape index (κ1) is 19.2. The Morgan fingerprint density at radius 3 is 2.54 bits per heavy atom. The van der Waals surface area contributed by atoms with Gasteiger partial charge in [0.25, 0.3) is 0 Å². The number of nitrogens with zero attached hydrogens (tertiary/aromatic N) is 2. The van der Waals surface area contributed by atoms with Crippen molar-refractivity contribution in [3.05, 3.63) is 35.9 Å². The number of carbonyl (C=O) groups is 1. The molecule has 2 aliphatic heterocycles. The fourth-order valence-electron chi connectivity index (χ4n) is 3.73. The van der Waals surface area contributed by atoms with Crippen LogP contribution in [0.3, 0.4) is 0 Å². The Labute approximate surface area is 152 Å². The molecule has 1 atom stereocenters. The van der Waals surface area contributed by atoms with Gasteiger partial charge in [0.05, 0.1) is 6.54 Å². The molecule has 0 saturated carbocycles. The van der Waals surface area contributed by atoms with Crippen LogP contribution < -0.4 is 5.32 Å². The zero-order valence-electron chi connectivity index (χ0n) is 14.6. The number of halogens is 1. The maximum Gasteiger partial charge on any atom is 0.236 e. The summed E-state index contributed by atoms with van der Waals surface area (Å²) in [6, 6.07) is 11.2. The predicted octanol–water partition coefficient (Wildman–Crippen LogP) is 2.18. The highest BCUT2D eigenvalue weighted by molar-refractivity contribution is 5.85. The summed E-state index contributed by atoms with van der Waals surface area (Å²) < 4.78 is 0. The topological polar surface area (TPSA) is 35.6 Å². The Kier molecular flexibility index (Phi) is 7.53. The van der Waals surface area contributed by atoms with Crippen LogP contribution in [-0.4, -0.2) is 61.0 Å². The van der Waals surface area contributed by atoms with E-state index in [0.717, 1.165) is 57.9 Å². The summed E-state index contributed by atoms with van der Waals surface area (Å²) in [5.74, 6) is 1.04. The fraction of sp³-hybridized carbons (Fsp3) is 0.632. The Bertz CT molecular complexity index is 503. The molecule has 2 saturated heterocycles. The highest BCUT2D eigenvalue weighted by atomic mass is 35.5. The number of piperazine rings is 1. The van der Waals surface area contributed by atoms with Gasteiger partial charge in [-0.3, -0.25) is 9.69 Å². The standard InChI is InChI=1S/C19H29N3O.ClH/c1-16-14-20-9-12-22(16)15-19(23)21-10-7-18(8-11-21)13-17-5-3-2-4-6-17;/h2-6,16,18,20H,7-15H2,1H3;1H/t16-;/m1./s1. The fourth-order valence-corrected chi connectivity index (χ4v) is 3.73. The highest BCUT2D eigenvalue weighted by Gasteiger charge is 2.26. The normalized spacial score (nSPS) is 22.9. The Hall–Kier alpha value is -1.10. The van der Waals surface area contributed by atoms with E-state index in [1.165, 1.54) is 5.56 Å². The van der Waals surface area contributed by atoms with Crippen LogP contribution in [-0.2, 0) is 11.2 Å². The molecule has 0 unspecified atom stereocenters. The summed E-state index contributed by atoms with van der Waals surface area (Å²) in [6.45, 7) is 7.62. The van der Waals surface area contributed by atoms with Gasteiger partial charge < -0.3 is 10.2 Å². The molecule has 1 aromatic carbocycles. The zero-order chi connectivity index (χ0) is 16.1. The number of piperidine rings is 1. The third kappa shape index (κ3) is 5.20. The van der Waals surface area contributed by atoms with Crippen molar-refractivity contribution in [1.82, 2.24) is 15.1 Å². The van der Waals surface area contributed by atoms with Crippen LogP contribution in [0.5, 0.6) is 0 Å². The second-order valence-electron chi connectivity index (χ2n) is 7.04. The molecule has 1 N–H and O–H groups in total. The van der Waals surface area contributed by atoms with Crippen LogP contribution in [0.4, 0.5) is 0 Å².